The number of aliphatic imine (C=N–C) groups is 1. The summed E-state index contributed by atoms with van der Waals surface area (Å²) in [5.41, 5.74) is 10.2. The largest absolute Gasteiger partial charge is 0.469 e. The first-order valence-electron chi connectivity index (χ1n) is 5.44. The lowest BCUT2D eigenvalue weighted by Crippen LogP contribution is -2.31. The Balaban J connectivity index is 2.41. The topological polar surface area (TPSA) is 126 Å². The van der Waals surface area contributed by atoms with Gasteiger partial charge in [0.2, 0.25) is 0 Å². The van der Waals surface area contributed by atoms with Crippen LogP contribution in [0.2, 0.25) is 0 Å². The Morgan fingerprint density at radius 3 is 2.44 bits per heavy atom. The Hall–Kier alpha value is -1.83. The van der Waals surface area contributed by atoms with Crippen molar-refractivity contribution in [1.29, 1.82) is 0 Å². The number of guanidine groups is 1. The van der Waals surface area contributed by atoms with Crippen molar-refractivity contribution in [2.75, 3.05) is 33.5 Å². The van der Waals surface area contributed by atoms with E-state index in [0.29, 0.717) is 0 Å². The van der Waals surface area contributed by atoms with Gasteiger partial charge in [0.1, 0.15) is 6.61 Å². The van der Waals surface area contributed by atoms with Gasteiger partial charge in [-0.3, -0.25) is 14.6 Å². The van der Waals surface area contributed by atoms with Crippen LogP contribution in [0.15, 0.2) is 4.99 Å². The standard InChI is InChI=1S/C10H17N3O5/c1-16-8(14)6-4-17-5-7(6)9(15)18-3-2-13-10(11)12/h6-7H,2-5H2,1H3,(H4,11,12,13)/t6-,7+/m1/s1. The quantitative estimate of drug-likeness (QED) is 0.259. The van der Waals surface area contributed by atoms with Crippen molar-refractivity contribution in [2.45, 2.75) is 0 Å². The summed E-state index contributed by atoms with van der Waals surface area (Å²) in [5.74, 6) is -2.28. The van der Waals surface area contributed by atoms with Gasteiger partial charge in [-0.15, -0.1) is 0 Å². The van der Waals surface area contributed by atoms with Crippen LogP contribution in [0.5, 0.6) is 0 Å². The predicted molar refractivity (Wildman–Crippen MR) is 61.5 cm³/mol. The van der Waals surface area contributed by atoms with E-state index < -0.39 is 23.8 Å². The molecule has 102 valence electrons. The minimum atomic E-state index is -0.628. The second-order valence-electron chi connectivity index (χ2n) is 3.75. The van der Waals surface area contributed by atoms with E-state index >= 15 is 0 Å². The van der Waals surface area contributed by atoms with Crippen molar-refractivity contribution in [2.24, 2.45) is 28.3 Å². The lowest BCUT2D eigenvalue weighted by Gasteiger charge is -2.13. The first kappa shape index (κ1) is 14.2. The molecule has 0 amide bonds. The molecular weight excluding hydrogens is 242 g/mol. The fourth-order valence-electron chi connectivity index (χ4n) is 1.60. The molecule has 0 aliphatic carbocycles. The van der Waals surface area contributed by atoms with Crippen LogP contribution in [0.4, 0.5) is 0 Å². The van der Waals surface area contributed by atoms with E-state index in [1.165, 1.54) is 7.11 Å². The molecule has 0 aromatic heterocycles. The number of carbonyl (C=O) groups is 2. The molecule has 0 aromatic carbocycles. The van der Waals surface area contributed by atoms with E-state index in [0.717, 1.165) is 0 Å². The maximum atomic E-state index is 11.7. The summed E-state index contributed by atoms with van der Waals surface area (Å²) in [5, 5.41) is 0. The molecule has 0 bridgehead atoms. The molecule has 8 heteroatoms. The van der Waals surface area contributed by atoms with Gasteiger partial charge in [0, 0.05) is 0 Å². The lowest BCUT2D eigenvalue weighted by atomic mass is 9.96. The SMILES string of the molecule is COC(=O)[C@@H]1COC[C@@H]1C(=O)OCCN=C(N)N. The number of ether oxygens (including phenoxy) is 3. The fourth-order valence-corrected chi connectivity index (χ4v) is 1.60. The van der Waals surface area contributed by atoms with Crippen molar-refractivity contribution >= 4 is 17.9 Å². The molecule has 0 spiro atoms. The minimum Gasteiger partial charge on any atom is -0.469 e. The molecule has 0 saturated carbocycles. The summed E-state index contributed by atoms with van der Waals surface area (Å²) < 4.78 is 14.6. The van der Waals surface area contributed by atoms with Gasteiger partial charge in [-0.25, -0.2) is 0 Å². The van der Waals surface area contributed by atoms with E-state index in [4.69, 9.17) is 20.9 Å². The molecule has 1 aliphatic heterocycles. The van der Waals surface area contributed by atoms with Gasteiger partial charge in [0.15, 0.2) is 5.96 Å². The summed E-state index contributed by atoms with van der Waals surface area (Å²) in [4.78, 5) is 26.7. The summed E-state index contributed by atoms with van der Waals surface area (Å²) >= 11 is 0. The third-order valence-electron chi connectivity index (χ3n) is 2.52. The predicted octanol–water partition coefficient (Wildman–Crippen LogP) is -1.76. The highest BCUT2D eigenvalue weighted by Gasteiger charge is 2.40. The number of rotatable bonds is 5. The molecule has 8 nitrogen and oxygen atoms in total. The maximum Gasteiger partial charge on any atom is 0.312 e. The Morgan fingerprint density at radius 2 is 1.89 bits per heavy atom. The lowest BCUT2D eigenvalue weighted by molar-refractivity contribution is -0.156. The van der Waals surface area contributed by atoms with Crippen LogP contribution in [0.1, 0.15) is 0 Å². The van der Waals surface area contributed by atoms with Crippen molar-refractivity contribution < 1.29 is 23.8 Å². The molecule has 1 rings (SSSR count). The number of carbonyl (C=O) groups excluding carboxylic acids is 2. The molecule has 1 saturated heterocycles. The minimum absolute atomic E-state index is 0.0567. The maximum absolute atomic E-state index is 11.7. The van der Waals surface area contributed by atoms with E-state index in [1.54, 1.807) is 0 Å². The van der Waals surface area contributed by atoms with E-state index in [2.05, 4.69) is 9.73 Å². The van der Waals surface area contributed by atoms with Crippen LogP contribution in [0.3, 0.4) is 0 Å². The fraction of sp³-hybridized carbons (Fsp3) is 0.700. The van der Waals surface area contributed by atoms with Crippen LogP contribution in [0.25, 0.3) is 0 Å². The molecule has 0 unspecified atom stereocenters. The zero-order valence-electron chi connectivity index (χ0n) is 10.1. The van der Waals surface area contributed by atoms with Gasteiger partial charge in [-0.1, -0.05) is 0 Å². The van der Waals surface area contributed by atoms with Crippen LogP contribution in [0, 0.1) is 11.8 Å². The summed E-state index contributed by atoms with van der Waals surface area (Å²) in [6, 6.07) is 0. The average Bonchev–Trinajstić information content (AvgIpc) is 2.82. The highest BCUT2D eigenvalue weighted by molar-refractivity contribution is 5.82. The van der Waals surface area contributed by atoms with E-state index in [9.17, 15) is 9.59 Å². The number of nitrogens with two attached hydrogens (primary N) is 2. The van der Waals surface area contributed by atoms with Crippen LogP contribution in [-0.4, -0.2) is 51.4 Å². The zero-order valence-corrected chi connectivity index (χ0v) is 10.1. The van der Waals surface area contributed by atoms with Gasteiger partial charge in [0.05, 0.1) is 38.7 Å². The smallest absolute Gasteiger partial charge is 0.312 e. The number of hydrogen-bond acceptors (Lipinski definition) is 6. The highest BCUT2D eigenvalue weighted by Crippen LogP contribution is 2.23. The summed E-state index contributed by atoms with van der Waals surface area (Å²) in [6.45, 7) is 0.562. The van der Waals surface area contributed by atoms with Crippen molar-refractivity contribution in [3.05, 3.63) is 0 Å². The average molecular weight is 259 g/mol. The Morgan fingerprint density at radius 1 is 1.28 bits per heavy atom. The number of hydrogen-bond donors (Lipinski definition) is 2. The van der Waals surface area contributed by atoms with Gasteiger partial charge < -0.3 is 25.7 Å². The third kappa shape index (κ3) is 3.88. The molecule has 4 N–H and O–H groups in total. The molecule has 2 atom stereocenters. The number of esters is 2. The Kier molecular flexibility index (Phi) is 5.37. The highest BCUT2D eigenvalue weighted by atomic mass is 16.5. The number of nitrogens with zero attached hydrogens (tertiary/aromatic N) is 1. The summed E-state index contributed by atoms with van der Waals surface area (Å²) in [7, 11) is 1.27. The van der Waals surface area contributed by atoms with Crippen molar-refractivity contribution in [3.63, 3.8) is 0 Å². The molecule has 18 heavy (non-hydrogen) atoms. The first-order valence-corrected chi connectivity index (χ1v) is 5.44. The molecule has 1 aliphatic rings. The first-order chi connectivity index (χ1) is 8.56. The monoisotopic (exact) mass is 259 g/mol. The van der Waals surface area contributed by atoms with Crippen LogP contribution >= 0.6 is 0 Å². The van der Waals surface area contributed by atoms with Gasteiger partial charge in [0.25, 0.3) is 0 Å². The second-order valence-corrected chi connectivity index (χ2v) is 3.75. The van der Waals surface area contributed by atoms with Crippen molar-refractivity contribution in [3.8, 4) is 0 Å². The summed E-state index contributed by atoms with van der Waals surface area (Å²) in [6.07, 6.45) is 0. The molecule has 0 aromatic rings. The van der Waals surface area contributed by atoms with Crippen LogP contribution in [-0.2, 0) is 23.8 Å². The van der Waals surface area contributed by atoms with E-state index in [1.807, 2.05) is 0 Å². The van der Waals surface area contributed by atoms with Gasteiger partial charge in [-0.05, 0) is 0 Å². The number of methoxy groups -OCH3 is 1. The van der Waals surface area contributed by atoms with Gasteiger partial charge >= 0.3 is 11.9 Å². The Labute approximate surface area is 104 Å². The normalized spacial score (nSPS) is 22.3. The molecule has 1 fully saturated rings. The van der Waals surface area contributed by atoms with E-state index in [-0.39, 0.29) is 32.3 Å². The molecule has 0 radical (unpaired) electrons. The molecular formula is C10H17N3O5. The second kappa shape index (κ2) is 6.80. The van der Waals surface area contributed by atoms with Crippen molar-refractivity contribution in [1.82, 2.24) is 0 Å². The third-order valence-corrected chi connectivity index (χ3v) is 2.52. The molecule has 1 heterocycles. The van der Waals surface area contributed by atoms with Gasteiger partial charge in [-0.2, -0.15) is 0 Å². The Bertz CT molecular complexity index is 340. The van der Waals surface area contributed by atoms with Crippen LogP contribution < -0.4 is 11.5 Å². The zero-order chi connectivity index (χ0) is 13.5.